The number of carboxylic acid groups (broad SMARTS) is 1. The van der Waals surface area contributed by atoms with Crippen molar-refractivity contribution in [3.05, 3.63) is 35.9 Å². The second-order valence-corrected chi connectivity index (χ2v) is 3.83. The van der Waals surface area contributed by atoms with Gasteiger partial charge < -0.3 is 9.84 Å². The van der Waals surface area contributed by atoms with Crippen LogP contribution in [0, 0.1) is 0 Å². The molecule has 0 saturated heterocycles. The van der Waals surface area contributed by atoms with Gasteiger partial charge in [-0.25, -0.2) is 0 Å². The van der Waals surface area contributed by atoms with E-state index in [0.717, 1.165) is 5.56 Å². The molecule has 98 valence electrons. The maximum Gasteiger partial charge on any atom is 0.320 e. The second kappa shape index (κ2) is 7.45. The highest BCUT2D eigenvalue weighted by Crippen LogP contribution is 2.04. The topological polar surface area (TPSA) is 66.8 Å². The number of esters is 1. The molecule has 5 heteroatoms. The van der Waals surface area contributed by atoms with E-state index in [2.05, 4.69) is 0 Å². The third-order valence-corrected chi connectivity index (χ3v) is 2.27. The van der Waals surface area contributed by atoms with E-state index in [1.807, 2.05) is 30.3 Å². The highest BCUT2D eigenvalue weighted by Gasteiger charge is 2.14. The molecule has 0 spiro atoms. The maximum absolute atomic E-state index is 11.4. The first-order valence-corrected chi connectivity index (χ1v) is 5.75. The van der Waals surface area contributed by atoms with Gasteiger partial charge in [0.05, 0.1) is 19.7 Å². The summed E-state index contributed by atoms with van der Waals surface area (Å²) < 4.78 is 4.82. The molecule has 1 rings (SSSR count). The lowest BCUT2D eigenvalue weighted by Crippen LogP contribution is -2.34. The summed E-state index contributed by atoms with van der Waals surface area (Å²) in [7, 11) is 0. The Morgan fingerprint density at radius 2 is 1.89 bits per heavy atom. The fourth-order valence-electron chi connectivity index (χ4n) is 1.59. The van der Waals surface area contributed by atoms with Crippen molar-refractivity contribution in [2.75, 3.05) is 19.7 Å². The van der Waals surface area contributed by atoms with E-state index < -0.39 is 11.9 Å². The number of rotatable bonds is 7. The Morgan fingerprint density at radius 1 is 1.22 bits per heavy atom. The highest BCUT2D eigenvalue weighted by atomic mass is 16.5. The van der Waals surface area contributed by atoms with Gasteiger partial charge in [-0.3, -0.25) is 14.5 Å². The Labute approximate surface area is 106 Å². The minimum atomic E-state index is -0.963. The summed E-state index contributed by atoms with van der Waals surface area (Å²) in [6, 6.07) is 9.41. The number of benzene rings is 1. The van der Waals surface area contributed by atoms with Crippen LogP contribution in [0.2, 0.25) is 0 Å². The number of aliphatic carboxylic acids is 1. The average Bonchev–Trinajstić information content (AvgIpc) is 2.29. The molecule has 0 bridgehead atoms. The summed E-state index contributed by atoms with van der Waals surface area (Å²) in [6.07, 6.45) is 0. The maximum atomic E-state index is 11.4. The molecule has 0 unspecified atom stereocenters. The number of carbonyl (C=O) groups excluding carboxylic acids is 1. The van der Waals surface area contributed by atoms with Crippen molar-refractivity contribution in [1.82, 2.24) is 4.90 Å². The molecule has 18 heavy (non-hydrogen) atoms. The highest BCUT2D eigenvalue weighted by molar-refractivity contribution is 5.74. The molecule has 1 aromatic carbocycles. The van der Waals surface area contributed by atoms with Crippen molar-refractivity contribution in [1.29, 1.82) is 0 Å². The van der Waals surface area contributed by atoms with Crippen molar-refractivity contribution in [3.8, 4) is 0 Å². The van der Waals surface area contributed by atoms with Crippen LogP contribution in [-0.4, -0.2) is 41.6 Å². The first-order valence-electron chi connectivity index (χ1n) is 5.75. The molecule has 0 aromatic heterocycles. The number of nitrogens with zero attached hydrogens (tertiary/aromatic N) is 1. The lowest BCUT2D eigenvalue weighted by atomic mass is 10.2. The van der Waals surface area contributed by atoms with E-state index >= 15 is 0 Å². The van der Waals surface area contributed by atoms with Gasteiger partial charge >= 0.3 is 11.9 Å². The number of hydrogen-bond acceptors (Lipinski definition) is 4. The molecule has 0 atom stereocenters. The number of ether oxygens (including phenoxy) is 1. The van der Waals surface area contributed by atoms with Crippen molar-refractivity contribution in [3.63, 3.8) is 0 Å². The van der Waals surface area contributed by atoms with Gasteiger partial charge in [0.25, 0.3) is 0 Å². The number of carbonyl (C=O) groups is 2. The lowest BCUT2D eigenvalue weighted by molar-refractivity contribution is -0.146. The molecule has 0 heterocycles. The van der Waals surface area contributed by atoms with Gasteiger partial charge in [0, 0.05) is 6.54 Å². The molecule has 0 radical (unpaired) electrons. The monoisotopic (exact) mass is 251 g/mol. The SMILES string of the molecule is CCOC(=O)CN(CC(=O)O)Cc1ccccc1. The fourth-order valence-corrected chi connectivity index (χ4v) is 1.59. The standard InChI is InChI=1S/C13H17NO4/c1-2-18-13(17)10-14(9-12(15)16)8-11-6-4-3-5-7-11/h3-7H,2,8-10H2,1H3,(H,15,16). The molecular weight excluding hydrogens is 234 g/mol. The van der Waals surface area contributed by atoms with Crippen LogP contribution in [-0.2, 0) is 20.9 Å². The van der Waals surface area contributed by atoms with Crippen LogP contribution >= 0.6 is 0 Å². The van der Waals surface area contributed by atoms with Crippen LogP contribution in [0.1, 0.15) is 12.5 Å². The third kappa shape index (κ3) is 5.45. The fraction of sp³-hybridized carbons (Fsp3) is 0.385. The molecular formula is C13H17NO4. The molecule has 0 amide bonds. The van der Waals surface area contributed by atoms with Crippen LogP contribution in [0.15, 0.2) is 30.3 Å². The van der Waals surface area contributed by atoms with Gasteiger partial charge in [-0.05, 0) is 12.5 Å². The van der Waals surface area contributed by atoms with Gasteiger partial charge in [0.15, 0.2) is 0 Å². The average molecular weight is 251 g/mol. The number of hydrogen-bond donors (Lipinski definition) is 1. The van der Waals surface area contributed by atoms with E-state index in [4.69, 9.17) is 9.84 Å². The van der Waals surface area contributed by atoms with Gasteiger partial charge in [-0.2, -0.15) is 0 Å². The molecule has 0 fully saturated rings. The van der Waals surface area contributed by atoms with E-state index in [-0.39, 0.29) is 13.1 Å². The summed E-state index contributed by atoms with van der Waals surface area (Å²) in [5.74, 6) is -1.37. The normalized spacial score (nSPS) is 10.3. The Morgan fingerprint density at radius 3 is 2.44 bits per heavy atom. The van der Waals surface area contributed by atoms with Crippen molar-refractivity contribution >= 4 is 11.9 Å². The Bertz CT molecular complexity index is 391. The summed E-state index contributed by atoms with van der Waals surface area (Å²) >= 11 is 0. The minimum absolute atomic E-state index is 0.0188. The quantitative estimate of drug-likeness (QED) is 0.736. The van der Waals surface area contributed by atoms with Crippen molar-refractivity contribution in [2.24, 2.45) is 0 Å². The summed E-state index contributed by atoms with van der Waals surface area (Å²) in [4.78, 5) is 23.7. The van der Waals surface area contributed by atoms with E-state index in [9.17, 15) is 9.59 Å². The molecule has 0 saturated carbocycles. The molecule has 1 aromatic rings. The second-order valence-electron chi connectivity index (χ2n) is 3.83. The number of carboxylic acids is 1. The lowest BCUT2D eigenvalue weighted by Gasteiger charge is -2.19. The molecule has 1 N–H and O–H groups in total. The van der Waals surface area contributed by atoms with E-state index in [0.29, 0.717) is 13.2 Å². The third-order valence-electron chi connectivity index (χ3n) is 2.27. The van der Waals surface area contributed by atoms with Gasteiger partial charge in [-0.15, -0.1) is 0 Å². The predicted octanol–water partition coefficient (Wildman–Crippen LogP) is 1.14. The Kier molecular flexibility index (Phi) is 5.87. The molecule has 0 aliphatic heterocycles. The van der Waals surface area contributed by atoms with Gasteiger partial charge in [0.1, 0.15) is 0 Å². The van der Waals surface area contributed by atoms with E-state index in [1.165, 1.54) is 4.90 Å². The van der Waals surface area contributed by atoms with Crippen molar-refractivity contribution in [2.45, 2.75) is 13.5 Å². The predicted molar refractivity (Wildman–Crippen MR) is 66.0 cm³/mol. The zero-order valence-electron chi connectivity index (χ0n) is 10.3. The molecule has 0 aliphatic carbocycles. The van der Waals surface area contributed by atoms with Gasteiger partial charge in [-0.1, -0.05) is 30.3 Å². The van der Waals surface area contributed by atoms with Crippen LogP contribution in [0.25, 0.3) is 0 Å². The summed E-state index contributed by atoms with van der Waals surface area (Å²) in [5.41, 5.74) is 0.961. The minimum Gasteiger partial charge on any atom is -0.480 e. The van der Waals surface area contributed by atoms with Crippen LogP contribution in [0.4, 0.5) is 0 Å². The summed E-state index contributed by atoms with van der Waals surface area (Å²) in [5, 5.41) is 8.81. The molecule has 0 aliphatic rings. The first kappa shape index (κ1) is 14.2. The first-order chi connectivity index (χ1) is 8.61. The van der Waals surface area contributed by atoms with Crippen LogP contribution in [0.3, 0.4) is 0 Å². The van der Waals surface area contributed by atoms with Crippen molar-refractivity contribution < 1.29 is 19.4 Å². The van der Waals surface area contributed by atoms with Crippen LogP contribution in [0.5, 0.6) is 0 Å². The molecule has 5 nitrogen and oxygen atoms in total. The Balaban J connectivity index is 2.60. The largest absolute Gasteiger partial charge is 0.480 e. The van der Waals surface area contributed by atoms with E-state index in [1.54, 1.807) is 6.92 Å². The summed E-state index contributed by atoms with van der Waals surface area (Å²) in [6.45, 7) is 2.22. The Hall–Kier alpha value is -1.88. The van der Waals surface area contributed by atoms with Gasteiger partial charge in [0.2, 0.25) is 0 Å². The van der Waals surface area contributed by atoms with Crippen LogP contribution < -0.4 is 0 Å². The zero-order chi connectivity index (χ0) is 13.4. The zero-order valence-corrected chi connectivity index (χ0v) is 10.3. The smallest absolute Gasteiger partial charge is 0.320 e.